The second kappa shape index (κ2) is 2.95. The topological polar surface area (TPSA) is 25.1 Å². The van der Waals surface area contributed by atoms with Gasteiger partial charge in [0.2, 0.25) is 0 Å². The summed E-state index contributed by atoms with van der Waals surface area (Å²) in [5, 5.41) is 0. The zero-order chi connectivity index (χ0) is 10.7. The minimum atomic E-state index is 0.152. The highest BCUT2D eigenvalue weighted by atomic mass is 16.5. The molecule has 1 aliphatic carbocycles. The second-order valence-corrected chi connectivity index (χ2v) is 4.98. The van der Waals surface area contributed by atoms with Gasteiger partial charge in [-0.2, -0.15) is 0 Å². The van der Waals surface area contributed by atoms with Crippen LogP contribution in [-0.4, -0.2) is 34.4 Å². The molecule has 0 aromatic carbocycles. The average molecular weight is 213 g/mol. The highest BCUT2D eigenvalue weighted by Gasteiger charge is 2.60. The first-order valence-corrected chi connectivity index (χ1v) is 6.08. The van der Waals surface area contributed by atoms with Crippen LogP contribution in [0.1, 0.15) is 31.7 Å². The van der Waals surface area contributed by atoms with Crippen LogP contribution in [0.15, 0.2) is 18.5 Å². The van der Waals surface area contributed by atoms with Gasteiger partial charge in [-0.1, -0.05) is 0 Å². The molecule has 2 aliphatic heterocycles. The fraction of sp³-hybridized carbons (Fsp3) is 0.500. The number of nitrogens with zero attached hydrogens (tertiary/aromatic N) is 2. The predicted octanol–water partition coefficient (Wildman–Crippen LogP) is 0.563. The Morgan fingerprint density at radius 2 is 2.44 bits per heavy atom. The van der Waals surface area contributed by atoms with Crippen LogP contribution in [0.3, 0.4) is 0 Å². The number of hydrogen-bond acceptors (Lipinski definition) is 2. The Morgan fingerprint density at radius 3 is 3.38 bits per heavy atom. The molecule has 0 amide bonds. The standard InChI is InChI=1S/C12H14BN2O/c1-8-9-5-6-14-7-10(9)13-15(8)11-3-2-4-12(11)16-13/h5-7,11-12H,2-4H2,1H3/q+1/t11-,12+/m0/s1. The molecule has 4 heteroatoms. The van der Waals surface area contributed by atoms with Crippen molar-refractivity contribution in [2.45, 2.75) is 38.3 Å². The highest BCUT2D eigenvalue weighted by Crippen LogP contribution is 2.33. The van der Waals surface area contributed by atoms with E-state index in [0.29, 0.717) is 12.1 Å². The maximum Gasteiger partial charge on any atom is 0.694 e. The monoisotopic (exact) mass is 213 g/mol. The van der Waals surface area contributed by atoms with E-state index in [1.807, 2.05) is 12.4 Å². The molecule has 4 rings (SSSR count). The van der Waals surface area contributed by atoms with Crippen LogP contribution >= 0.6 is 0 Å². The molecule has 0 N–H and O–H groups in total. The van der Waals surface area contributed by atoms with Crippen LogP contribution in [-0.2, 0) is 4.65 Å². The summed E-state index contributed by atoms with van der Waals surface area (Å²) in [5.41, 5.74) is 3.96. The second-order valence-electron chi connectivity index (χ2n) is 4.98. The van der Waals surface area contributed by atoms with Crippen molar-refractivity contribution in [3.8, 4) is 0 Å². The molecule has 1 aromatic rings. The van der Waals surface area contributed by atoms with Crippen LogP contribution < -0.4 is 5.46 Å². The van der Waals surface area contributed by atoms with Crippen molar-refractivity contribution >= 4 is 18.2 Å². The van der Waals surface area contributed by atoms with E-state index in [1.165, 1.54) is 36.0 Å². The molecular formula is C12H14BN2O+. The smallest absolute Gasteiger partial charge is 0.360 e. The zero-order valence-electron chi connectivity index (χ0n) is 9.39. The molecule has 0 radical (unpaired) electrons. The Labute approximate surface area is 95.3 Å². The summed E-state index contributed by atoms with van der Waals surface area (Å²) in [6.45, 7) is 2.21. The van der Waals surface area contributed by atoms with Gasteiger partial charge in [-0.05, 0) is 18.9 Å². The molecule has 0 bridgehead atoms. The average Bonchev–Trinajstić information content (AvgIpc) is 2.92. The first-order valence-electron chi connectivity index (χ1n) is 6.08. The quantitative estimate of drug-likeness (QED) is 0.588. The van der Waals surface area contributed by atoms with Gasteiger partial charge in [0, 0.05) is 31.3 Å². The summed E-state index contributed by atoms with van der Waals surface area (Å²) in [6.07, 6.45) is 8.09. The molecule has 3 aliphatic rings. The Kier molecular flexibility index (Phi) is 1.65. The number of aromatic nitrogens is 1. The molecule has 3 heterocycles. The molecule has 1 saturated carbocycles. The third kappa shape index (κ3) is 0.937. The van der Waals surface area contributed by atoms with Gasteiger partial charge in [0.1, 0.15) is 6.10 Å². The third-order valence-electron chi connectivity index (χ3n) is 4.23. The lowest BCUT2D eigenvalue weighted by Gasteiger charge is -2.06. The lowest BCUT2D eigenvalue weighted by Crippen LogP contribution is -2.37. The zero-order valence-corrected chi connectivity index (χ0v) is 9.39. The van der Waals surface area contributed by atoms with Gasteiger partial charge in [-0.15, -0.1) is 0 Å². The van der Waals surface area contributed by atoms with E-state index < -0.39 is 0 Å². The summed E-state index contributed by atoms with van der Waals surface area (Å²) in [6, 6.07) is 2.72. The molecule has 1 saturated heterocycles. The van der Waals surface area contributed by atoms with Gasteiger partial charge in [0.25, 0.3) is 0 Å². The van der Waals surface area contributed by atoms with Gasteiger partial charge in [0.15, 0.2) is 11.8 Å². The molecule has 16 heavy (non-hydrogen) atoms. The Hall–Kier alpha value is -1.16. The van der Waals surface area contributed by atoms with Gasteiger partial charge < -0.3 is 4.65 Å². The van der Waals surface area contributed by atoms with E-state index in [9.17, 15) is 0 Å². The minimum Gasteiger partial charge on any atom is -0.360 e. The largest absolute Gasteiger partial charge is 0.694 e. The van der Waals surface area contributed by atoms with Gasteiger partial charge in [0.05, 0.1) is 5.46 Å². The van der Waals surface area contributed by atoms with Crippen LogP contribution in [0.2, 0.25) is 0 Å². The van der Waals surface area contributed by atoms with Crippen molar-refractivity contribution < 1.29 is 9.14 Å². The van der Waals surface area contributed by atoms with E-state index >= 15 is 0 Å². The van der Waals surface area contributed by atoms with Crippen molar-refractivity contribution in [2.24, 2.45) is 0 Å². The van der Waals surface area contributed by atoms with E-state index in [0.717, 1.165) is 0 Å². The minimum absolute atomic E-state index is 0.152. The summed E-state index contributed by atoms with van der Waals surface area (Å²) >= 11 is 0. The van der Waals surface area contributed by atoms with Crippen LogP contribution in [0, 0.1) is 0 Å². The maximum atomic E-state index is 6.17. The van der Waals surface area contributed by atoms with Crippen LogP contribution in [0.5, 0.6) is 0 Å². The Bertz CT molecular complexity index is 500. The van der Waals surface area contributed by atoms with Crippen molar-refractivity contribution in [3.05, 3.63) is 24.0 Å². The Morgan fingerprint density at radius 1 is 1.50 bits per heavy atom. The SMILES string of the molecule is CC1=[N+]2B(O[C@@H]3CCC[C@@H]32)c2cnccc21. The first-order chi connectivity index (χ1) is 7.86. The summed E-state index contributed by atoms with van der Waals surface area (Å²) in [5.74, 6) is 0. The van der Waals surface area contributed by atoms with Crippen LogP contribution in [0.4, 0.5) is 0 Å². The highest BCUT2D eigenvalue weighted by molar-refractivity contribution is 6.65. The lowest BCUT2D eigenvalue weighted by molar-refractivity contribution is -0.421. The van der Waals surface area contributed by atoms with Crippen molar-refractivity contribution in [1.82, 2.24) is 4.98 Å². The molecule has 0 unspecified atom stereocenters. The fourth-order valence-electron chi connectivity index (χ4n) is 3.51. The van der Waals surface area contributed by atoms with Crippen molar-refractivity contribution in [1.29, 1.82) is 0 Å². The van der Waals surface area contributed by atoms with Crippen molar-refractivity contribution in [2.75, 3.05) is 0 Å². The predicted molar refractivity (Wildman–Crippen MR) is 62.2 cm³/mol. The van der Waals surface area contributed by atoms with E-state index in [-0.39, 0.29) is 7.05 Å². The van der Waals surface area contributed by atoms with Crippen LogP contribution in [0.25, 0.3) is 0 Å². The van der Waals surface area contributed by atoms with E-state index in [1.54, 1.807) is 0 Å². The normalized spacial score (nSPS) is 30.7. The number of rotatable bonds is 0. The Balaban J connectivity index is 1.89. The molecule has 0 spiro atoms. The lowest BCUT2D eigenvalue weighted by atomic mass is 9.75. The van der Waals surface area contributed by atoms with Gasteiger partial charge >= 0.3 is 7.05 Å². The third-order valence-corrected chi connectivity index (χ3v) is 4.23. The van der Waals surface area contributed by atoms with Gasteiger partial charge in [-0.25, -0.2) is 0 Å². The van der Waals surface area contributed by atoms with E-state index in [4.69, 9.17) is 4.65 Å². The molecule has 1 aromatic heterocycles. The molecule has 3 nitrogen and oxygen atoms in total. The maximum absolute atomic E-state index is 6.17. The molecule has 80 valence electrons. The summed E-state index contributed by atoms with van der Waals surface area (Å²) < 4.78 is 8.65. The molecular weight excluding hydrogens is 199 g/mol. The summed E-state index contributed by atoms with van der Waals surface area (Å²) in [7, 11) is 0.152. The van der Waals surface area contributed by atoms with E-state index in [2.05, 4.69) is 22.5 Å². The summed E-state index contributed by atoms with van der Waals surface area (Å²) in [4.78, 5) is 4.23. The number of hydrogen-bond donors (Lipinski definition) is 0. The molecule has 2 fully saturated rings. The van der Waals surface area contributed by atoms with Gasteiger partial charge in [-0.3, -0.25) is 9.47 Å². The molecule has 2 atom stereocenters. The first kappa shape index (κ1) is 8.94. The fourth-order valence-corrected chi connectivity index (χ4v) is 3.51. The number of pyridine rings is 1. The van der Waals surface area contributed by atoms with Crippen molar-refractivity contribution in [3.63, 3.8) is 0 Å². The number of fused-ring (bicyclic) bond motifs is 5.